The number of alkyl halides is 6. The number of aryl methyl sites for hydroxylation is 1. The molecule has 0 radical (unpaired) electrons. The third-order valence-corrected chi connectivity index (χ3v) is 6.11. The van der Waals surface area contributed by atoms with E-state index in [1.165, 1.54) is 7.05 Å². The van der Waals surface area contributed by atoms with Crippen molar-refractivity contribution in [2.24, 2.45) is 7.05 Å². The van der Waals surface area contributed by atoms with Gasteiger partial charge in [0.25, 0.3) is 0 Å². The van der Waals surface area contributed by atoms with Crippen molar-refractivity contribution >= 4 is 17.6 Å². The normalized spacial score (nSPS) is 14.6. The van der Waals surface area contributed by atoms with Crippen LogP contribution < -0.4 is 10.3 Å². The lowest BCUT2D eigenvalue weighted by Gasteiger charge is -2.37. The Balaban J connectivity index is 2.00. The van der Waals surface area contributed by atoms with E-state index in [0.29, 0.717) is 12.1 Å². The van der Waals surface area contributed by atoms with E-state index in [-0.39, 0.29) is 16.3 Å². The maximum atomic E-state index is 14.1. The van der Waals surface area contributed by atoms with Gasteiger partial charge in [-0.1, -0.05) is 24.6 Å². The second kappa shape index (κ2) is 9.75. The van der Waals surface area contributed by atoms with Gasteiger partial charge in [0.2, 0.25) is 5.56 Å². The fraction of sp³-hybridized carbons (Fsp3) is 0.250. The molecule has 0 aliphatic rings. The second-order valence-corrected chi connectivity index (χ2v) is 8.56. The molecule has 0 saturated heterocycles. The van der Waals surface area contributed by atoms with Crippen molar-refractivity contribution in [2.75, 3.05) is 0 Å². The van der Waals surface area contributed by atoms with E-state index in [9.17, 15) is 41.0 Å². The predicted molar refractivity (Wildman–Crippen MR) is 120 cm³/mol. The van der Waals surface area contributed by atoms with E-state index in [4.69, 9.17) is 21.4 Å². The summed E-state index contributed by atoms with van der Waals surface area (Å²) in [5, 5.41) is 19.6. The first-order valence-corrected chi connectivity index (χ1v) is 10.7. The van der Waals surface area contributed by atoms with Gasteiger partial charge in [-0.05, 0) is 42.0 Å². The SMILES string of the molecule is CC(c1ccc(Oc2ccc(C(=O)O)c(C(F)(F)F)c2)cc1Cl)C(O)(c1ccc(=O)n(C)c1)C(F)(F)F. The third-order valence-electron chi connectivity index (χ3n) is 5.79. The largest absolute Gasteiger partial charge is 0.478 e. The van der Waals surface area contributed by atoms with E-state index in [1.54, 1.807) is 0 Å². The van der Waals surface area contributed by atoms with Gasteiger partial charge in [-0.2, -0.15) is 26.3 Å². The summed E-state index contributed by atoms with van der Waals surface area (Å²) in [6.45, 7) is 1.07. The van der Waals surface area contributed by atoms with Gasteiger partial charge in [-0.3, -0.25) is 4.79 Å². The monoisotopic (exact) mass is 549 g/mol. The topological polar surface area (TPSA) is 88.8 Å². The molecule has 13 heteroatoms. The molecule has 1 aromatic heterocycles. The molecule has 3 aromatic rings. The first-order chi connectivity index (χ1) is 17.0. The molecule has 3 rings (SSSR count). The molecule has 0 amide bonds. The number of halogens is 7. The number of carboxylic acids is 1. The number of carboxylic acid groups (broad SMARTS) is 1. The lowest BCUT2D eigenvalue weighted by Crippen LogP contribution is -2.47. The third kappa shape index (κ3) is 5.44. The summed E-state index contributed by atoms with van der Waals surface area (Å²) in [5.41, 5.74) is -7.28. The van der Waals surface area contributed by atoms with Gasteiger partial charge >= 0.3 is 18.3 Å². The van der Waals surface area contributed by atoms with Crippen LogP contribution in [0, 0.1) is 0 Å². The van der Waals surface area contributed by atoms with E-state index in [2.05, 4.69) is 0 Å². The zero-order valence-electron chi connectivity index (χ0n) is 19.0. The Morgan fingerprint density at radius 1 is 1.00 bits per heavy atom. The molecule has 2 unspecified atom stereocenters. The zero-order chi connectivity index (χ0) is 27.9. The number of hydrogen-bond donors (Lipinski definition) is 2. The van der Waals surface area contributed by atoms with Gasteiger partial charge in [-0.25, -0.2) is 4.79 Å². The zero-order valence-corrected chi connectivity index (χ0v) is 19.7. The fourth-order valence-corrected chi connectivity index (χ4v) is 4.10. The summed E-state index contributed by atoms with van der Waals surface area (Å²) in [7, 11) is 1.22. The average Bonchev–Trinajstić information content (AvgIpc) is 2.78. The van der Waals surface area contributed by atoms with Gasteiger partial charge in [0.15, 0.2) is 5.60 Å². The van der Waals surface area contributed by atoms with Crippen molar-refractivity contribution in [3.8, 4) is 11.5 Å². The van der Waals surface area contributed by atoms with Crippen LogP contribution in [-0.4, -0.2) is 26.9 Å². The summed E-state index contributed by atoms with van der Waals surface area (Å²) in [4.78, 5) is 22.7. The number of carbonyl (C=O) groups is 1. The van der Waals surface area contributed by atoms with Crippen LogP contribution in [0.3, 0.4) is 0 Å². The molecule has 0 saturated carbocycles. The summed E-state index contributed by atoms with van der Waals surface area (Å²) in [6, 6.07) is 7.17. The molecule has 6 nitrogen and oxygen atoms in total. The fourth-order valence-electron chi connectivity index (χ4n) is 3.77. The molecule has 198 valence electrons. The highest BCUT2D eigenvalue weighted by molar-refractivity contribution is 6.31. The number of hydrogen-bond acceptors (Lipinski definition) is 4. The molecular formula is C24H18ClF6NO5. The van der Waals surface area contributed by atoms with Crippen LogP contribution in [0.15, 0.2) is 59.5 Å². The Kier molecular flexibility index (Phi) is 7.39. The number of rotatable bonds is 6. The molecule has 1 heterocycles. The van der Waals surface area contributed by atoms with E-state index >= 15 is 0 Å². The summed E-state index contributed by atoms with van der Waals surface area (Å²) in [5.74, 6) is -4.05. The number of ether oxygens (including phenoxy) is 1. The molecule has 0 fully saturated rings. The lowest BCUT2D eigenvalue weighted by molar-refractivity contribution is -0.274. The van der Waals surface area contributed by atoms with Crippen LogP contribution in [0.1, 0.15) is 39.9 Å². The quantitative estimate of drug-likeness (QED) is 0.363. The van der Waals surface area contributed by atoms with E-state index in [1.807, 2.05) is 0 Å². The van der Waals surface area contributed by atoms with Crippen molar-refractivity contribution in [3.05, 3.63) is 92.4 Å². The Bertz CT molecular complexity index is 1400. The highest BCUT2D eigenvalue weighted by Gasteiger charge is 2.59. The minimum Gasteiger partial charge on any atom is -0.478 e. The Morgan fingerprint density at radius 3 is 2.11 bits per heavy atom. The van der Waals surface area contributed by atoms with Crippen molar-refractivity contribution in [1.29, 1.82) is 0 Å². The van der Waals surface area contributed by atoms with Gasteiger partial charge in [-0.15, -0.1) is 0 Å². The van der Waals surface area contributed by atoms with Crippen LogP contribution in [0.4, 0.5) is 26.3 Å². The van der Waals surface area contributed by atoms with Crippen LogP contribution in [0.5, 0.6) is 11.5 Å². The summed E-state index contributed by atoms with van der Waals surface area (Å²) >= 11 is 6.19. The second-order valence-electron chi connectivity index (χ2n) is 8.15. The number of aromatic carboxylic acids is 1. The Morgan fingerprint density at radius 2 is 1.59 bits per heavy atom. The van der Waals surface area contributed by atoms with Crippen LogP contribution in [0.2, 0.25) is 5.02 Å². The van der Waals surface area contributed by atoms with E-state index < -0.39 is 57.8 Å². The number of pyridine rings is 1. The van der Waals surface area contributed by atoms with Crippen LogP contribution >= 0.6 is 11.6 Å². The molecule has 0 spiro atoms. The van der Waals surface area contributed by atoms with Crippen LogP contribution in [-0.2, 0) is 18.8 Å². The van der Waals surface area contributed by atoms with Gasteiger partial charge in [0, 0.05) is 35.8 Å². The Labute approximate surface area is 210 Å². The van der Waals surface area contributed by atoms with Crippen molar-refractivity contribution in [3.63, 3.8) is 0 Å². The smallest absolute Gasteiger partial charge is 0.422 e. The van der Waals surface area contributed by atoms with Gasteiger partial charge in [0.1, 0.15) is 11.5 Å². The number of benzene rings is 2. The maximum absolute atomic E-state index is 14.1. The standard InChI is InChI=1S/C24H18ClF6NO5/c1-12(22(36,24(29,30)31)13-3-8-20(33)32(2)11-13)16-6-4-15(10-19(16)25)37-14-5-7-17(21(34)35)18(9-14)23(26,27)28/h3-12,36H,1-2H3,(H,34,35). The molecule has 0 aliphatic carbocycles. The summed E-state index contributed by atoms with van der Waals surface area (Å²) < 4.78 is 88.4. The predicted octanol–water partition coefficient (Wildman–Crippen LogP) is 6.10. The Hall–Kier alpha value is -3.51. The highest BCUT2D eigenvalue weighted by Crippen LogP contribution is 2.50. The van der Waals surface area contributed by atoms with Crippen molar-refractivity contribution in [1.82, 2.24) is 4.57 Å². The number of aromatic nitrogens is 1. The maximum Gasteiger partial charge on any atom is 0.422 e. The first-order valence-electron chi connectivity index (χ1n) is 10.3. The molecule has 37 heavy (non-hydrogen) atoms. The highest BCUT2D eigenvalue weighted by atomic mass is 35.5. The average molecular weight is 550 g/mol. The van der Waals surface area contributed by atoms with Gasteiger partial charge in [0.05, 0.1) is 11.1 Å². The van der Waals surface area contributed by atoms with Crippen molar-refractivity contribution in [2.45, 2.75) is 30.8 Å². The van der Waals surface area contributed by atoms with Crippen molar-refractivity contribution < 1.29 is 46.1 Å². The molecule has 0 aliphatic heterocycles. The molecule has 2 atom stereocenters. The van der Waals surface area contributed by atoms with Gasteiger partial charge < -0.3 is 19.5 Å². The lowest BCUT2D eigenvalue weighted by atomic mass is 9.78. The van der Waals surface area contributed by atoms with Crippen LogP contribution in [0.25, 0.3) is 0 Å². The molecule has 0 bridgehead atoms. The molecule has 2 aromatic carbocycles. The number of nitrogens with zero attached hydrogens (tertiary/aromatic N) is 1. The summed E-state index contributed by atoms with van der Waals surface area (Å²) in [6.07, 6.45) is -9.33. The van der Waals surface area contributed by atoms with E-state index in [0.717, 1.165) is 54.1 Å². The molecule has 2 N–H and O–H groups in total. The minimum atomic E-state index is -5.19. The molecular weight excluding hydrogens is 532 g/mol. The minimum absolute atomic E-state index is 0.158. The first kappa shape index (κ1) is 28.1. The number of aliphatic hydroxyl groups is 1.